The van der Waals surface area contributed by atoms with Gasteiger partial charge in [0.2, 0.25) is 11.8 Å². The van der Waals surface area contributed by atoms with Crippen molar-refractivity contribution >= 4 is 17.8 Å². The lowest BCUT2D eigenvalue weighted by Crippen LogP contribution is -2.52. The number of carbonyl (C=O) groups is 3. The summed E-state index contributed by atoms with van der Waals surface area (Å²) in [6.07, 6.45) is 18.6. The average molecular weight is 515 g/mol. The van der Waals surface area contributed by atoms with E-state index in [2.05, 4.69) is 10.6 Å². The third-order valence-corrected chi connectivity index (χ3v) is 5.49. The van der Waals surface area contributed by atoms with Crippen LogP contribution >= 0.6 is 0 Å². The molecule has 0 spiro atoms. The molecule has 0 fully saturated rings. The maximum Gasteiger partial charge on any atom is 0.373 e. The minimum Gasteiger partial charge on any atom is -0.490 e. The number of rotatable bonds is 13. The van der Waals surface area contributed by atoms with Gasteiger partial charge in [-0.15, -0.1) is 0 Å². The zero-order valence-electron chi connectivity index (χ0n) is 22.8. The van der Waals surface area contributed by atoms with Gasteiger partial charge in [-0.05, 0) is 44.4 Å². The minimum absolute atomic E-state index is 0.227. The van der Waals surface area contributed by atoms with Crippen molar-refractivity contribution in [3.05, 3.63) is 72.2 Å². The van der Waals surface area contributed by atoms with Gasteiger partial charge in [-0.1, -0.05) is 68.9 Å². The van der Waals surface area contributed by atoms with Crippen LogP contribution in [0.5, 0.6) is 0 Å². The number of allylic oxidation sites excluding steroid dienone is 5. The van der Waals surface area contributed by atoms with Crippen LogP contribution in [0.4, 0.5) is 0 Å². The summed E-state index contributed by atoms with van der Waals surface area (Å²) < 4.78 is 10.3. The van der Waals surface area contributed by atoms with Crippen molar-refractivity contribution in [2.45, 2.75) is 78.6 Å². The van der Waals surface area contributed by atoms with Gasteiger partial charge in [-0.2, -0.15) is 0 Å². The molecule has 0 saturated carbocycles. The quantitative estimate of drug-likeness (QED) is 0.147. The Morgan fingerprint density at radius 3 is 2.51 bits per heavy atom. The molecule has 0 saturated heterocycles. The number of cyclic esters (lactones) is 1. The average Bonchev–Trinajstić information content (AvgIpc) is 2.84. The predicted octanol–water partition coefficient (Wildman–Crippen LogP) is 4.16. The topological polar surface area (TPSA) is 114 Å². The van der Waals surface area contributed by atoms with Gasteiger partial charge in [-0.25, -0.2) is 4.79 Å². The van der Waals surface area contributed by atoms with Gasteiger partial charge in [0.05, 0.1) is 13.2 Å². The van der Waals surface area contributed by atoms with Crippen LogP contribution in [0, 0.1) is 5.41 Å². The molecule has 1 aliphatic heterocycles. The van der Waals surface area contributed by atoms with Crippen molar-refractivity contribution in [2.75, 3.05) is 7.11 Å². The number of esters is 1. The monoisotopic (exact) mass is 514 g/mol. The highest BCUT2D eigenvalue weighted by Crippen LogP contribution is 2.20. The first-order chi connectivity index (χ1) is 17.5. The Bertz CT molecular complexity index is 950. The minimum atomic E-state index is -0.751. The lowest BCUT2D eigenvalue weighted by molar-refractivity contribution is -0.149. The molecule has 3 N–H and O–H groups in total. The highest BCUT2D eigenvalue weighted by atomic mass is 16.6. The Morgan fingerprint density at radius 1 is 1.22 bits per heavy atom. The maximum absolute atomic E-state index is 12.7. The van der Waals surface area contributed by atoms with Gasteiger partial charge < -0.3 is 25.2 Å². The van der Waals surface area contributed by atoms with E-state index in [4.69, 9.17) is 9.47 Å². The van der Waals surface area contributed by atoms with E-state index in [0.29, 0.717) is 25.7 Å². The molecule has 0 bridgehead atoms. The molecule has 0 aromatic carbocycles. The van der Waals surface area contributed by atoms with Crippen molar-refractivity contribution in [3.8, 4) is 0 Å². The van der Waals surface area contributed by atoms with Crippen LogP contribution in [0.1, 0.15) is 60.3 Å². The number of hydrogen-bond acceptors (Lipinski definition) is 6. The highest BCUT2D eigenvalue weighted by molar-refractivity contribution is 5.93. The third kappa shape index (κ3) is 12.9. The molecular weight excluding hydrogens is 472 g/mol. The van der Waals surface area contributed by atoms with E-state index in [1.54, 1.807) is 24.3 Å². The molecule has 1 rings (SSSR count). The van der Waals surface area contributed by atoms with Crippen molar-refractivity contribution in [3.63, 3.8) is 0 Å². The highest BCUT2D eigenvalue weighted by Gasteiger charge is 2.31. The lowest BCUT2D eigenvalue weighted by atomic mass is 9.86. The molecule has 204 valence electrons. The second-order valence-electron chi connectivity index (χ2n) is 9.85. The summed E-state index contributed by atoms with van der Waals surface area (Å²) >= 11 is 0. The van der Waals surface area contributed by atoms with Crippen molar-refractivity contribution < 1.29 is 29.0 Å². The number of nitrogens with one attached hydrogen (secondary N) is 2. The fraction of sp³-hybridized carbons (Fsp3) is 0.483. The molecular formula is C29H42N2O6. The Labute approximate surface area is 220 Å². The Hall–Kier alpha value is -3.39. The molecule has 3 unspecified atom stereocenters. The summed E-state index contributed by atoms with van der Waals surface area (Å²) in [5.74, 6) is -0.939. The van der Waals surface area contributed by atoms with Crippen LogP contribution < -0.4 is 10.6 Å². The molecule has 0 aromatic heterocycles. The van der Waals surface area contributed by atoms with Crippen molar-refractivity contribution in [1.82, 2.24) is 10.6 Å². The summed E-state index contributed by atoms with van der Waals surface area (Å²) in [6.45, 7) is 9.42. The maximum atomic E-state index is 12.7. The predicted molar refractivity (Wildman–Crippen MR) is 145 cm³/mol. The number of amides is 2. The van der Waals surface area contributed by atoms with Crippen LogP contribution in [-0.2, 0) is 23.9 Å². The molecule has 8 nitrogen and oxygen atoms in total. The number of carbonyl (C=O) groups excluding carboxylic acids is 3. The second kappa shape index (κ2) is 16.4. The largest absolute Gasteiger partial charge is 0.490 e. The first kappa shape index (κ1) is 31.6. The van der Waals surface area contributed by atoms with Gasteiger partial charge in [0.25, 0.3) is 0 Å². The fourth-order valence-corrected chi connectivity index (χ4v) is 3.33. The van der Waals surface area contributed by atoms with E-state index in [-0.39, 0.29) is 23.7 Å². The molecule has 0 aliphatic carbocycles. The number of hydrogen-bond donors (Lipinski definition) is 3. The summed E-state index contributed by atoms with van der Waals surface area (Å²) in [7, 11) is 1.44. The summed E-state index contributed by atoms with van der Waals surface area (Å²) in [6, 6.07) is -0.751. The van der Waals surface area contributed by atoms with Crippen LogP contribution in [-0.4, -0.2) is 48.2 Å². The zero-order valence-corrected chi connectivity index (χ0v) is 22.8. The number of ether oxygens (including phenoxy) is 2. The molecule has 2 amide bonds. The molecule has 8 heteroatoms. The normalized spacial score (nSPS) is 18.8. The Kier molecular flexibility index (Phi) is 14.0. The zero-order chi connectivity index (χ0) is 27.8. The summed E-state index contributed by atoms with van der Waals surface area (Å²) in [4.78, 5) is 36.8. The molecule has 3 atom stereocenters. The van der Waals surface area contributed by atoms with Gasteiger partial charge in [0.15, 0.2) is 5.76 Å². The van der Waals surface area contributed by atoms with E-state index in [0.717, 1.165) is 5.57 Å². The van der Waals surface area contributed by atoms with Gasteiger partial charge in [0.1, 0.15) is 12.1 Å². The lowest BCUT2D eigenvalue weighted by Gasteiger charge is -2.29. The molecule has 37 heavy (non-hydrogen) atoms. The molecule has 0 radical (unpaired) electrons. The second-order valence-corrected chi connectivity index (χ2v) is 9.85. The SMILES string of the molecule is C/C=C\CC(O)C/C=C\NC(=O)C(NC(=O)\C=C/C=C\C(C)=C\CC1CC=C(OC)C(=O)O1)C(C)(C)C. The summed E-state index contributed by atoms with van der Waals surface area (Å²) in [5.41, 5.74) is 0.446. The molecule has 0 aromatic rings. The molecule has 1 heterocycles. The van der Waals surface area contributed by atoms with Crippen molar-refractivity contribution in [2.24, 2.45) is 5.41 Å². The van der Waals surface area contributed by atoms with Crippen molar-refractivity contribution in [1.29, 1.82) is 0 Å². The van der Waals surface area contributed by atoms with E-state index < -0.39 is 23.5 Å². The molecule has 1 aliphatic rings. The van der Waals surface area contributed by atoms with Crippen LogP contribution in [0.2, 0.25) is 0 Å². The standard InChI is InChI=1S/C29H42N2O6/c1-7-8-13-22(32)14-11-20-30-27(34)26(29(3,4)5)31-25(33)15-10-9-12-21(2)16-17-23-18-19-24(36-6)28(35)37-23/h7-12,15-16,19-20,22-23,26,32H,13-14,17-18H2,1-6H3,(H,30,34)(H,31,33)/b8-7-,12-9-,15-10-,20-11-,21-16+. The van der Waals surface area contributed by atoms with Crippen LogP contribution in [0.3, 0.4) is 0 Å². The van der Waals surface area contributed by atoms with Crippen LogP contribution in [0.25, 0.3) is 0 Å². The van der Waals surface area contributed by atoms with Gasteiger partial charge in [0, 0.05) is 18.9 Å². The first-order valence-electron chi connectivity index (χ1n) is 12.5. The van der Waals surface area contributed by atoms with E-state index in [1.807, 2.05) is 58.9 Å². The number of methoxy groups -OCH3 is 1. The first-order valence-corrected chi connectivity index (χ1v) is 12.5. The van der Waals surface area contributed by atoms with E-state index in [9.17, 15) is 19.5 Å². The third-order valence-electron chi connectivity index (χ3n) is 5.49. The fourth-order valence-electron chi connectivity index (χ4n) is 3.33. The summed E-state index contributed by atoms with van der Waals surface area (Å²) in [5, 5.41) is 15.3. The smallest absolute Gasteiger partial charge is 0.373 e. The number of aliphatic hydroxyl groups is 1. The van der Waals surface area contributed by atoms with E-state index >= 15 is 0 Å². The Morgan fingerprint density at radius 2 is 1.89 bits per heavy atom. The number of aliphatic hydroxyl groups excluding tert-OH is 1. The van der Waals surface area contributed by atoms with Gasteiger partial charge in [-0.3, -0.25) is 9.59 Å². The Balaban J connectivity index is 2.57. The van der Waals surface area contributed by atoms with E-state index in [1.165, 1.54) is 19.4 Å². The van der Waals surface area contributed by atoms with Crippen LogP contribution in [0.15, 0.2) is 72.2 Å². The van der Waals surface area contributed by atoms with Gasteiger partial charge >= 0.3 is 5.97 Å².